The van der Waals surface area contributed by atoms with E-state index in [2.05, 4.69) is 38.1 Å². The summed E-state index contributed by atoms with van der Waals surface area (Å²) < 4.78 is 0. The second kappa shape index (κ2) is 7.72. The highest BCUT2D eigenvalue weighted by Gasteiger charge is 2.12. The van der Waals surface area contributed by atoms with Gasteiger partial charge in [-0.25, -0.2) is 0 Å². The Morgan fingerprint density at radius 3 is 2.47 bits per heavy atom. The van der Waals surface area contributed by atoms with E-state index in [0.29, 0.717) is 5.92 Å². The van der Waals surface area contributed by atoms with Crippen LogP contribution in [0.4, 0.5) is 0 Å². The molecule has 1 fully saturated rings. The third-order valence-electron chi connectivity index (χ3n) is 4.71. The average molecular weight is 258 g/mol. The van der Waals surface area contributed by atoms with E-state index in [4.69, 9.17) is 0 Å². The Bertz CT molecular complexity index is 358. The standard InChI is InChI=1S/C19H30/c1-16(2)19-15-9-8-14-18(19)13-7-6-12-17-10-4-3-5-11-17/h8-9,14-17H,3-7,10-13H2,1-2H3. The van der Waals surface area contributed by atoms with Crippen LogP contribution >= 0.6 is 0 Å². The summed E-state index contributed by atoms with van der Waals surface area (Å²) in [6.45, 7) is 4.61. The smallest absolute Gasteiger partial charge is 0.0216 e. The van der Waals surface area contributed by atoms with Gasteiger partial charge < -0.3 is 0 Å². The fourth-order valence-electron chi connectivity index (χ4n) is 3.55. The number of hydrogen-bond donors (Lipinski definition) is 0. The summed E-state index contributed by atoms with van der Waals surface area (Å²) in [4.78, 5) is 0. The Labute approximate surface area is 119 Å². The fourth-order valence-corrected chi connectivity index (χ4v) is 3.55. The van der Waals surface area contributed by atoms with Gasteiger partial charge in [0.1, 0.15) is 0 Å². The van der Waals surface area contributed by atoms with E-state index in [1.165, 1.54) is 57.8 Å². The van der Waals surface area contributed by atoms with Crippen LogP contribution in [-0.4, -0.2) is 0 Å². The third-order valence-corrected chi connectivity index (χ3v) is 4.71. The van der Waals surface area contributed by atoms with Crippen LogP contribution < -0.4 is 0 Å². The van der Waals surface area contributed by atoms with Crippen molar-refractivity contribution in [3.8, 4) is 0 Å². The lowest BCUT2D eigenvalue weighted by Crippen LogP contribution is -2.06. The molecule has 0 amide bonds. The SMILES string of the molecule is CC(C)c1ccccc1CCCCC1CCCCC1. The van der Waals surface area contributed by atoms with Gasteiger partial charge in [0.05, 0.1) is 0 Å². The molecule has 1 aromatic rings. The van der Waals surface area contributed by atoms with Crippen LogP contribution in [-0.2, 0) is 6.42 Å². The number of benzene rings is 1. The maximum absolute atomic E-state index is 2.33. The van der Waals surface area contributed by atoms with Crippen molar-refractivity contribution in [3.63, 3.8) is 0 Å². The van der Waals surface area contributed by atoms with Crippen LogP contribution in [0.5, 0.6) is 0 Å². The first-order valence-corrected chi connectivity index (χ1v) is 8.35. The molecular weight excluding hydrogens is 228 g/mol. The predicted molar refractivity (Wildman–Crippen MR) is 84.7 cm³/mol. The molecule has 0 aromatic heterocycles. The van der Waals surface area contributed by atoms with Crippen molar-refractivity contribution in [1.29, 1.82) is 0 Å². The second-order valence-corrected chi connectivity index (χ2v) is 6.60. The van der Waals surface area contributed by atoms with Gasteiger partial charge in [-0.3, -0.25) is 0 Å². The molecule has 1 aromatic carbocycles. The van der Waals surface area contributed by atoms with Crippen molar-refractivity contribution in [1.82, 2.24) is 0 Å². The fraction of sp³-hybridized carbons (Fsp3) is 0.684. The van der Waals surface area contributed by atoms with Gasteiger partial charge in [-0.05, 0) is 35.8 Å². The monoisotopic (exact) mass is 258 g/mol. The maximum atomic E-state index is 2.33. The topological polar surface area (TPSA) is 0 Å². The Morgan fingerprint density at radius 2 is 1.74 bits per heavy atom. The molecule has 1 aliphatic carbocycles. The second-order valence-electron chi connectivity index (χ2n) is 6.60. The van der Waals surface area contributed by atoms with Gasteiger partial charge in [0.15, 0.2) is 0 Å². The molecule has 0 spiro atoms. The van der Waals surface area contributed by atoms with Gasteiger partial charge in [-0.15, -0.1) is 0 Å². The number of unbranched alkanes of at least 4 members (excludes halogenated alkanes) is 1. The minimum absolute atomic E-state index is 0.662. The van der Waals surface area contributed by atoms with E-state index in [1.54, 1.807) is 11.1 Å². The van der Waals surface area contributed by atoms with Crippen molar-refractivity contribution in [2.75, 3.05) is 0 Å². The van der Waals surface area contributed by atoms with Crippen LogP contribution in [0.1, 0.15) is 82.3 Å². The molecule has 1 saturated carbocycles. The highest BCUT2D eigenvalue weighted by molar-refractivity contribution is 5.29. The molecule has 106 valence electrons. The normalized spacial score (nSPS) is 17.0. The van der Waals surface area contributed by atoms with Gasteiger partial charge in [0, 0.05) is 0 Å². The quantitative estimate of drug-likeness (QED) is 0.540. The average Bonchev–Trinajstić information content (AvgIpc) is 2.45. The van der Waals surface area contributed by atoms with Crippen molar-refractivity contribution in [2.24, 2.45) is 5.92 Å². The van der Waals surface area contributed by atoms with Gasteiger partial charge in [-0.1, -0.05) is 83.1 Å². The van der Waals surface area contributed by atoms with Crippen molar-refractivity contribution >= 4 is 0 Å². The maximum Gasteiger partial charge on any atom is -0.0216 e. The molecule has 0 aliphatic heterocycles. The zero-order valence-electron chi connectivity index (χ0n) is 12.8. The molecule has 2 rings (SSSR count). The van der Waals surface area contributed by atoms with Gasteiger partial charge in [-0.2, -0.15) is 0 Å². The van der Waals surface area contributed by atoms with Crippen LogP contribution in [0.15, 0.2) is 24.3 Å². The lowest BCUT2D eigenvalue weighted by atomic mass is 9.85. The summed E-state index contributed by atoms with van der Waals surface area (Å²) in [6.07, 6.45) is 13.0. The molecule has 0 nitrogen and oxygen atoms in total. The van der Waals surface area contributed by atoms with E-state index in [9.17, 15) is 0 Å². The van der Waals surface area contributed by atoms with E-state index in [0.717, 1.165) is 5.92 Å². The lowest BCUT2D eigenvalue weighted by molar-refractivity contribution is 0.330. The van der Waals surface area contributed by atoms with Crippen LogP contribution in [0.2, 0.25) is 0 Å². The summed E-state index contributed by atoms with van der Waals surface area (Å²) in [5, 5.41) is 0. The highest BCUT2D eigenvalue weighted by Crippen LogP contribution is 2.28. The summed E-state index contributed by atoms with van der Waals surface area (Å²) in [5.74, 6) is 1.71. The van der Waals surface area contributed by atoms with E-state index in [1.807, 2.05) is 0 Å². The molecule has 0 saturated heterocycles. The lowest BCUT2D eigenvalue weighted by Gasteiger charge is -2.21. The summed E-state index contributed by atoms with van der Waals surface area (Å²) in [7, 11) is 0. The van der Waals surface area contributed by atoms with Crippen molar-refractivity contribution in [2.45, 2.75) is 77.6 Å². The summed E-state index contributed by atoms with van der Waals surface area (Å²) in [6, 6.07) is 9.01. The molecular formula is C19H30. The Kier molecular flexibility index (Phi) is 5.94. The largest absolute Gasteiger partial charge is 0.0620 e. The number of aryl methyl sites for hydroxylation is 1. The van der Waals surface area contributed by atoms with Crippen molar-refractivity contribution in [3.05, 3.63) is 35.4 Å². The predicted octanol–water partition coefficient (Wildman–Crippen LogP) is 6.10. The van der Waals surface area contributed by atoms with E-state index in [-0.39, 0.29) is 0 Å². The van der Waals surface area contributed by atoms with Crippen LogP contribution in [0.25, 0.3) is 0 Å². The molecule has 0 atom stereocenters. The van der Waals surface area contributed by atoms with Crippen molar-refractivity contribution < 1.29 is 0 Å². The highest BCUT2D eigenvalue weighted by atomic mass is 14.2. The Balaban J connectivity index is 1.73. The zero-order valence-corrected chi connectivity index (χ0v) is 12.8. The molecule has 0 heteroatoms. The zero-order chi connectivity index (χ0) is 13.5. The summed E-state index contributed by atoms with van der Waals surface area (Å²) >= 11 is 0. The van der Waals surface area contributed by atoms with E-state index < -0.39 is 0 Å². The van der Waals surface area contributed by atoms with Gasteiger partial charge in [0.25, 0.3) is 0 Å². The minimum atomic E-state index is 0.662. The first-order valence-electron chi connectivity index (χ1n) is 8.35. The summed E-state index contributed by atoms with van der Waals surface area (Å²) in [5.41, 5.74) is 3.14. The molecule has 1 aliphatic rings. The van der Waals surface area contributed by atoms with Gasteiger partial charge in [0.2, 0.25) is 0 Å². The third kappa shape index (κ3) is 4.67. The number of hydrogen-bond acceptors (Lipinski definition) is 0. The molecule has 0 bridgehead atoms. The molecule has 0 N–H and O–H groups in total. The molecule has 0 radical (unpaired) electrons. The number of rotatable bonds is 6. The Morgan fingerprint density at radius 1 is 1.00 bits per heavy atom. The van der Waals surface area contributed by atoms with Gasteiger partial charge >= 0.3 is 0 Å². The molecule has 19 heavy (non-hydrogen) atoms. The Hall–Kier alpha value is -0.780. The molecule has 0 heterocycles. The van der Waals surface area contributed by atoms with Crippen LogP contribution in [0, 0.1) is 5.92 Å². The van der Waals surface area contributed by atoms with Crippen LogP contribution in [0.3, 0.4) is 0 Å². The first-order chi connectivity index (χ1) is 9.27. The first kappa shape index (κ1) is 14.6. The molecule has 0 unspecified atom stereocenters. The van der Waals surface area contributed by atoms with E-state index >= 15 is 0 Å². The minimum Gasteiger partial charge on any atom is -0.0620 e.